The van der Waals surface area contributed by atoms with Gasteiger partial charge in [-0.15, -0.1) is 0 Å². The number of para-hydroxylation sites is 1. The van der Waals surface area contributed by atoms with E-state index in [1.807, 2.05) is 103 Å². The van der Waals surface area contributed by atoms with Crippen molar-refractivity contribution in [3.63, 3.8) is 0 Å². The standard InChI is InChI=1S/C31H25N5O2/c37-30(26-17-9-3-10-18-26)34-36(31(38)32-21-24-13-5-1-6-14-24)23-27-22-35(28-19-11-4-12-20-28)33-29(27)25-15-7-2-8-16-25/h1-20,22-23H,21H2,(H-,32,34,37,38)/p+1. The van der Waals surface area contributed by atoms with Crippen LogP contribution in [-0.4, -0.2) is 32.6 Å². The second-order valence-electron chi connectivity index (χ2n) is 8.53. The van der Waals surface area contributed by atoms with E-state index in [9.17, 15) is 9.59 Å². The van der Waals surface area contributed by atoms with Crippen molar-refractivity contribution in [2.75, 3.05) is 0 Å². The maximum absolute atomic E-state index is 13.4. The number of benzene rings is 4. The molecule has 5 aromatic rings. The molecule has 2 N–H and O–H groups in total. The lowest BCUT2D eigenvalue weighted by atomic mass is 10.1. The lowest BCUT2D eigenvalue weighted by Gasteiger charge is -2.07. The van der Waals surface area contributed by atoms with Crippen LogP contribution in [0.5, 0.6) is 0 Å². The summed E-state index contributed by atoms with van der Waals surface area (Å²) in [6.07, 6.45) is 3.43. The average Bonchev–Trinajstić information content (AvgIpc) is 3.41. The van der Waals surface area contributed by atoms with Crippen LogP contribution in [0.1, 0.15) is 21.5 Å². The van der Waals surface area contributed by atoms with Crippen LogP contribution in [0.2, 0.25) is 0 Å². The van der Waals surface area contributed by atoms with Crippen LogP contribution < -0.4 is 10.7 Å². The second-order valence-corrected chi connectivity index (χ2v) is 8.53. The minimum Gasteiger partial charge on any atom is -0.266 e. The predicted octanol–water partition coefficient (Wildman–Crippen LogP) is 5.23. The molecule has 0 saturated heterocycles. The number of hydrogen-bond acceptors (Lipinski definition) is 3. The molecule has 0 atom stereocenters. The molecule has 0 bridgehead atoms. The first-order valence-corrected chi connectivity index (χ1v) is 12.2. The Morgan fingerprint density at radius 2 is 1.34 bits per heavy atom. The highest BCUT2D eigenvalue weighted by Crippen LogP contribution is 2.22. The molecule has 3 amide bonds. The number of hydrazone groups is 1. The lowest BCUT2D eigenvalue weighted by Crippen LogP contribution is -2.44. The van der Waals surface area contributed by atoms with E-state index in [-0.39, 0.29) is 0 Å². The van der Waals surface area contributed by atoms with Gasteiger partial charge in [-0.05, 0) is 29.8 Å². The van der Waals surface area contributed by atoms with Crippen molar-refractivity contribution >= 4 is 18.2 Å². The molecule has 7 nitrogen and oxygen atoms in total. The Balaban J connectivity index is 1.54. The van der Waals surface area contributed by atoms with Crippen molar-refractivity contribution in [1.29, 1.82) is 0 Å². The summed E-state index contributed by atoms with van der Waals surface area (Å²) in [6, 6.07) is 37.3. The highest BCUT2D eigenvalue weighted by molar-refractivity contribution is 5.95. The zero-order valence-electron chi connectivity index (χ0n) is 20.6. The van der Waals surface area contributed by atoms with Gasteiger partial charge < -0.3 is 0 Å². The third kappa shape index (κ3) is 5.91. The van der Waals surface area contributed by atoms with E-state index in [1.165, 1.54) is 4.68 Å². The van der Waals surface area contributed by atoms with Crippen molar-refractivity contribution < 1.29 is 14.3 Å². The predicted molar refractivity (Wildman–Crippen MR) is 147 cm³/mol. The Morgan fingerprint density at radius 1 is 0.763 bits per heavy atom. The van der Waals surface area contributed by atoms with Crippen LogP contribution >= 0.6 is 0 Å². The molecule has 7 heteroatoms. The smallest absolute Gasteiger partial charge is 0.266 e. The molecule has 1 aromatic heterocycles. The van der Waals surface area contributed by atoms with Gasteiger partial charge in [0.2, 0.25) is 0 Å². The molecular formula is C31H26N5O2+. The maximum atomic E-state index is 13.4. The Hall–Kier alpha value is -5.30. The number of hydrogen-bond donors (Lipinski definition) is 2. The molecular weight excluding hydrogens is 474 g/mol. The van der Waals surface area contributed by atoms with E-state index in [2.05, 4.69) is 10.7 Å². The summed E-state index contributed by atoms with van der Waals surface area (Å²) in [5.74, 6) is -0.409. The number of aromatic nitrogens is 2. The molecule has 0 aliphatic rings. The highest BCUT2D eigenvalue weighted by Gasteiger charge is 2.22. The van der Waals surface area contributed by atoms with Crippen molar-refractivity contribution in [2.45, 2.75) is 6.54 Å². The number of rotatable bonds is 6. The van der Waals surface area contributed by atoms with E-state index in [4.69, 9.17) is 5.10 Å². The van der Waals surface area contributed by atoms with Crippen LogP contribution in [-0.2, 0) is 6.54 Å². The summed E-state index contributed by atoms with van der Waals surface area (Å²) in [5, 5.41) is 7.70. The minimum absolute atomic E-state index is 0.306. The Kier molecular flexibility index (Phi) is 7.46. The monoisotopic (exact) mass is 500 g/mol. The first-order valence-electron chi connectivity index (χ1n) is 12.2. The van der Waals surface area contributed by atoms with Crippen LogP contribution in [0.25, 0.3) is 16.9 Å². The molecule has 0 radical (unpaired) electrons. The summed E-state index contributed by atoms with van der Waals surface area (Å²) in [6.45, 7) is 0.306. The second kappa shape index (κ2) is 11.6. The molecule has 5 rings (SSSR count). The van der Waals surface area contributed by atoms with Crippen molar-refractivity contribution in [3.05, 3.63) is 144 Å². The molecule has 0 aliphatic carbocycles. The Labute approximate surface area is 220 Å². The fourth-order valence-electron chi connectivity index (χ4n) is 3.92. The van der Waals surface area contributed by atoms with Gasteiger partial charge in [0, 0.05) is 17.3 Å². The van der Waals surface area contributed by atoms with Crippen LogP contribution in [0.3, 0.4) is 0 Å². The summed E-state index contributed by atoms with van der Waals surface area (Å²) < 4.78 is 2.93. The average molecular weight is 501 g/mol. The van der Waals surface area contributed by atoms with E-state index in [0.717, 1.165) is 16.8 Å². The number of hydrazine groups is 1. The van der Waals surface area contributed by atoms with Gasteiger partial charge in [-0.1, -0.05) is 102 Å². The fourth-order valence-corrected chi connectivity index (χ4v) is 3.92. The first-order chi connectivity index (χ1) is 18.7. The number of carbonyl (C=O) groups is 2. The SMILES string of the molecule is O=C(N[N+](=Cc1cn(-c2ccccc2)nc1-c1ccccc1)C(=O)NCc1ccccc1)c1ccccc1. The van der Waals surface area contributed by atoms with Gasteiger partial charge in [0.15, 0.2) is 0 Å². The lowest BCUT2D eigenvalue weighted by molar-refractivity contribution is -0.472. The quantitative estimate of drug-likeness (QED) is 0.191. The van der Waals surface area contributed by atoms with Crippen molar-refractivity contribution in [3.8, 4) is 16.9 Å². The zero-order valence-corrected chi connectivity index (χ0v) is 20.6. The first kappa shape index (κ1) is 24.4. The van der Waals surface area contributed by atoms with E-state index in [0.29, 0.717) is 23.4 Å². The number of carbonyl (C=O) groups excluding carboxylic acids is 2. The molecule has 0 fully saturated rings. The van der Waals surface area contributed by atoms with Crippen molar-refractivity contribution in [1.82, 2.24) is 20.5 Å². The molecule has 4 aromatic carbocycles. The molecule has 0 aliphatic heterocycles. The normalized spacial score (nSPS) is 11.1. The maximum Gasteiger partial charge on any atom is 0.515 e. The summed E-state index contributed by atoms with van der Waals surface area (Å²) >= 11 is 0. The molecule has 186 valence electrons. The summed E-state index contributed by atoms with van der Waals surface area (Å²) in [7, 11) is 0. The third-order valence-electron chi connectivity index (χ3n) is 5.84. The number of nitrogens with one attached hydrogen (secondary N) is 2. The third-order valence-corrected chi connectivity index (χ3v) is 5.84. The molecule has 0 unspecified atom stereocenters. The van der Waals surface area contributed by atoms with Gasteiger partial charge in [0.25, 0.3) is 5.91 Å². The Morgan fingerprint density at radius 3 is 2.00 bits per heavy atom. The van der Waals surface area contributed by atoms with Gasteiger partial charge in [-0.3, -0.25) is 4.79 Å². The molecule has 0 saturated carbocycles. The van der Waals surface area contributed by atoms with E-state index >= 15 is 0 Å². The fraction of sp³-hybridized carbons (Fsp3) is 0.0323. The van der Waals surface area contributed by atoms with Crippen LogP contribution in [0.4, 0.5) is 4.79 Å². The molecule has 0 spiro atoms. The highest BCUT2D eigenvalue weighted by atomic mass is 16.2. The van der Waals surface area contributed by atoms with Crippen LogP contribution in [0, 0.1) is 0 Å². The molecule has 38 heavy (non-hydrogen) atoms. The topological polar surface area (TPSA) is 79.0 Å². The van der Waals surface area contributed by atoms with Crippen LogP contribution in [0.15, 0.2) is 128 Å². The van der Waals surface area contributed by atoms with E-state index < -0.39 is 11.9 Å². The number of nitrogens with zero attached hydrogens (tertiary/aromatic N) is 3. The number of urea groups is 1. The van der Waals surface area contributed by atoms with Crippen molar-refractivity contribution in [2.24, 2.45) is 0 Å². The largest absolute Gasteiger partial charge is 0.515 e. The van der Waals surface area contributed by atoms with Gasteiger partial charge in [0.1, 0.15) is 18.5 Å². The van der Waals surface area contributed by atoms with Gasteiger partial charge in [-0.25, -0.2) is 10.00 Å². The minimum atomic E-state index is -0.482. The van der Waals surface area contributed by atoms with Gasteiger partial charge in [-0.2, -0.15) is 15.3 Å². The summed E-state index contributed by atoms with van der Waals surface area (Å²) in [4.78, 5) is 26.4. The zero-order chi connectivity index (χ0) is 26.2. The van der Waals surface area contributed by atoms with Gasteiger partial charge in [0.05, 0.1) is 11.3 Å². The number of amides is 3. The van der Waals surface area contributed by atoms with Gasteiger partial charge >= 0.3 is 6.03 Å². The summed E-state index contributed by atoms with van der Waals surface area (Å²) in [5.41, 5.74) is 7.19. The Bertz CT molecular complexity index is 1550. The van der Waals surface area contributed by atoms with E-state index in [1.54, 1.807) is 35.2 Å². The molecule has 1 heterocycles.